The van der Waals surface area contributed by atoms with Crippen molar-refractivity contribution >= 4 is 16.0 Å². The normalized spacial score (nSPS) is 12.3. The predicted octanol–water partition coefficient (Wildman–Crippen LogP) is 3.26. The highest BCUT2D eigenvalue weighted by Gasteiger charge is 2.30. The van der Waals surface area contributed by atoms with Gasteiger partial charge in [-0.1, -0.05) is 6.07 Å². The first-order valence-electron chi connectivity index (χ1n) is 10.6. The van der Waals surface area contributed by atoms with Crippen molar-refractivity contribution in [1.82, 2.24) is 29.7 Å². The Morgan fingerprint density at radius 1 is 0.943 bits per heavy atom. The SMILES string of the molecule is COc1cccc(OC)c1-n1c(NS(=O)(=O)C(C)c2ncc(C)cn2)nnc1-c1cncc(C)c1. The molecule has 0 spiro atoms. The maximum absolute atomic E-state index is 13.3. The second-order valence-corrected chi connectivity index (χ2v) is 9.85. The summed E-state index contributed by atoms with van der Waals surface area (Å²) in [5.41, 5.74) is 2.78. The van der Waals surface area contributed by atoms with Crippen LogP contribution in [0, 0.1) is 13.8 Å². The van der Waals surface area contributed by atoms with Crippen LogP contribution in [0.25, 0.3) is 17.1 Å². The Morgan fingerprint density at radius 3 is 2.20 bits per heavy atom. The van der Waals surface area contributed by atoms with Crippen LogP contribution in [0.1, 0.15) is 29.1 Å². The van der Waals surface area contributed by atoms with E-state index in [1.807, 2.05) is 19.9 Å². The minimum atomic E-state index is -4.02. The highest BCUT2D eigenvalue weighted by atomic mass is 32.2. The molecule has 0 saturated heterocycles. The summed E-state index contributed by atoms with van der Waals surface area (Å²) in [6, 6.07) is 7.10. The number of benzene rings is 1. The third-order valence-electron chi connectivity index (χ3n) is 5.29. The number of nitrogens with zero attached hydrogens (tertiary/aromatic N) is 6. The van der Waals surface area contributed by atoms with Gasteiger partial charge in [-0.15, -0.1) is 10.2 Å². The van der Waals surface area contributed by atoms with Gasteiger partial charge in [-0.2, -0.15) is 0 Å². The highest BCUT2D eigenvalue weighted by molar-refractivity contribution is 7.92. The quantitative estimate of drug-likeness (QED) is 0.391. The van der Waals surface area contributed by atoms with Crippen molar-refractivity contribution in [3.63, 3.8) is 0 Å². The fraction of sp³-hybridized carbons (Fsp3) is 0.261. The molecule has 4 rings (SSSR count). The van der Waals surface area contributed by atoms with Gasteiger partial charge in [0.1, 0.15) is 28.3 Å². The zero-order chi connectivity index (χ0) is 25.2. The average molecular weight is 496 g/mol. The molecule has 0 saturated carbocycles. The topological polar surface area (TPSA) is 134 Å². The molecule has 35 heavy (non-hydrogen) atoms. The van der Waals surface area contributed by atoms with Crippen molar-refractivity contribution in [2.75, 3.05) is 18.9 Å². The third kappa shape index (κ3) is 4.78. The molecule has 1 N–H and O–H groups in total. The molecule has 0 fully saturated rings. The molecule has 1 aromatic carbocycles. The summed E-state index contributed by atoms with van der Waals surface area (Å²) in [6.45, 7) is 5.22. The van der Waals surface area contributed by atoms with E-state index in [2.05, 4.69) is 29.9 Å². The van der Waals surface area contributed by atoms with Crippen molar-refractivity contribution < 1.29 is 17.9 Å². The molecule has 4 aromatic rings. The van der Waals surface area contributed by atoms with E-state index >= 15 is 0 Å². The maximum atomic E-state index is 13.3. The van der Waals surface area contributed by atoms with Crippen LogP contribution < -0.4 is 14.2 Å². The Morgan fingerprint density at radius 2 is 1.60 bits per heavy atom. The van der Waals surface area contributed by atoms with Crippen molar-refractivity contribution in [2.24, 2.45) is 0 Å². The summed E-state index contributed by atoms with van der Waals surface area (Å²) < 4.78 is 41.9. The van der Waals surface area contributed by atoms with Crippen LogP contribution >= 0.6 is 0 Å². The molecular weight excluding hydrogens is 470 g/mol. The zero-order valence-corrected chi connectivity index (χ0v) is 20.7. The van der Waals surface area contributed by atoms with Crippen LogP contribution in [0.2, 0.25) is 0 Å². The number of pyridine rings is 1. The van der Waals surface area contributed by atoms with Crippen molar-refractivity contribution in [3.05, 3.63) is 66.0 Å². The van der Waals surface area contributed by atoms with E-state index in [0.717, 1.165) is 11.1 Å². The Bertz CT molecular complexity index is 1430. The number of hydrogen-bond acceptors (Lipinski definition) is 9. The first kappa shape index (κ1) is 24.1. The van der Waals surface area contributed by atoms with Crippen LogP contribution in [0.5, 0.6) is 11.5 Å². The fourth-order valence-corrected chi connectivity index (χ4v) is 4.41. The smallest absolute Gasteiger partial charge is 0.245 e. The molecule has 1 atom stereocenters. The molecule has 182 valence electrons. The van der Waals surface area contributed by atoms with E-state index in [1.54, 1.807) is 43.0 Å². The van der Waals surface area contributed by atoms with E-state index in [-0.39, 0.29) is 11.8 Å². The van der Waals surface area contributed by atoms with Gasteiger partial charge in [0.25, 0.3) is 0 Å². The number of sulfonamides is 1. The summed E-state index contributed by atoms with van der Waals surface area (Å²) in [5.74, 6) is 1.32. The zero-order valence-electron chi connectivity index (χ0n) is 19.9. The largest absolute Gasteiger partial charge is 0.494 e. The summed E-state index contributed by atoms with van der Waals surface area (Å²) in [7, 11) is -0.999. The number of hydrogen-bond donors (Lipinski definition) is 1. The molecule has 1 unspecified atom stereocenters. The van der Waals surface area contributed by atoms with Gasteiger partial charge in [0.15, 0.2) is 5.82 Å². The first-order valence-corrected chi connectivity index (χ1v) is 12.2. The molecule has 0 aliphatic carbocycles. The first-order chi connectivity index (χ1) is 16.7. The Kier molecular flexibility index (Phi) is 6.65. The number of para-hydroxylation sites is 1. The number of methoxy groups -OCH3 is 2. The Labute approximate surface area is 203 Å². The summed E-state index contributed by atoms with van der Waals surface area (Å²) in [6.07, 6.45) is 6.47. The third-order valence-corrected chi connectivity index (χ3v) is 6.89. The molecule has 0 bridgehead atoms. The van der Waals surface area contributed by atoms with Crippen molar-refractivity contribution in [3.8, 4) is 28.6 Å². The van der Waals surface area contributed by atoms with Gasteiger partial charge < -0.3 is 9.47 Å². The van der Waals surface area contributed by atoms with Crippen molar-refractivity contribution in [1.29, 1.82) is 0 Å². The lowest BCUT2D eigenvalue weighted by atomic mass is 10.2. The fourth-order valence-electron chi connectivity index (χ4n) is 3.45. The number of rotatable bonds is 8. The van der Waals surface area contributed by atoms with Crippen molar-refractivity contribution in [2.45, 2.75) is 26.0 Å². The lowest BCUT2D eigenvalue weighted by molar-refractivity contribution is 0.391. The molecule has 0 radical (unpaired) electrons. The van der Waals surface area contributed by atoms with Crippen LogP contribution in [0.4, 0.5) is 5.95 Å². The number of aromatic nitrogens is 6. The molecule has 0 aliphatic rings. The summed E-state index contributed by atoms with van der Waals surface area (Å²) in [4.78, 5) is 12.6. The van der Waals surface area contributed by atoms with Gasteiger partial charge in [-0.05, 0) is 50.1 Å². The summed E-state index contributed by atoms with van der Waals surface area (Å²) >= 11 is 0. The minimum absolute atomic E-state index is 0.0525. The molecule has 11 nitrogen and oxygen atoms in total. The number of anilines is 1. The lowest BCUT2D eigenvalue weighted by Crippen LogP contribution is -2.23. The van der Waals surface area contributed by atoms with Crippen LogP contribution in [0.3, 0.4) is 0 Å². The Hall–Kier alpha value is -4.06. The molecule has 0 aliphatic heterocycles. The highest BCUT2D eigenvalue weighted by Crippen LogP contribution is 2.38. The van der Waals surface area contributed by atoms with Gasteiger partial charge in [0.2, 0.25) is 16.0 Å². The van der Waals surface area contributed by atoms with Crippen LogP contribution in [0.15, 0.2) is 49.1 Å². The van der Waals surface area contributed by atoms with Gasteiger partial charge in [-0.3, -0.25) is 14.3 Å². The van der Waals surface area contributed by atoms with E-state index < -0.39 is 15.3 Å². The van der Waals surface area contributed by atoms with E-state index in [0.29, 0.717) is 28.6 Å². The Balaban J connectivity index is 1.89. The van der Waals surface area contributed by atoms with Crippen LogP contribution in [-0.2, 0) is 10.0 Å². The summed E-state index contributed by atoms with van der Waals surface area (Å²) in [5, 5.41) is 7.40. The van der Waals surface area contributed by atoms with Gasteiger partial charge in [-0.25, -0.2) is 18.4 Å². The standard InChI is InChI=1S/C23H25N7O4S/c1-14-9-17(13-24-10-14)22-27-28-23(30(22)20-18(33-4)7-6-8-19(20)34-5)29-35(31,32)16(3)21-25-11-15(2)12-26-21/h6-13,16H,1-5H3,(H,28,29). The monoisotopic (exact) mass is 495 g/mol. The molecule has 3 heterocycles. The van der Waals surface area contributed by atoms with Gasteiger partial charge in [0.05, 0.1) is 14.2 Å². The predicted molar refractivity (Wildman–Crippen MR) is 130 cm³/mol. The van der Waals surface area contributed by atoms with E-state index in [4.69, 9.17) is 9.47 Å². The number of aryl methyl sites for hydroxylation is 2. The number of ether oxygens (including phenoxy) is 2. The minimum Gasteiger partial charge on any atom is -0.494 e. The molecular formula is C23H25N7O4S. The van der Waals surface area contributed by atoms with Crippen LogP contribution in [-0.4, -0.2) is 52.4 Å². The van der Waals surface area contributed by atoms with E-state index in [1.165, 1.54) is 25.7 Å². The maximum Gasteiger partial charge on any atom is 0.245 e. The molecule has 0 amide bonds. The second kappa shape index (κ2) is 9.66. The molecule has 3 aromatic heterocycles. The number of nitrogens with one attached hydrogen (secondary N) is 1. The molecule has 12 heteroatoms. The van der Waals surface area contributed by atoms with Gasteiger partial charge in [0, 0.05) is 30.4 Å². The lowest BCUT2D eigenvalue weighted by Gasteiger charge is -2.18. The average Bonchev–Trinajstić information content (AvgIpc) is 3.25. The second-order valence-electron chi connectivity index (χ2n) is 7.85. The van der Waals surface area contributed by atoms with E-state index in [9.17, 15) is 8.42 Å². The van der Waals surface area contributed by atoms with Gasteiger partial charge >= 0.3 is 0 Å².